The van der Waals surface area contributed by atoms with E-state index in [1.165, 1.54) is 4.70 Å². The fourth-order valence-corrected chi connectivity index (χ4v) is 3.52. The molecule has 0 radical (unpaired) electrons. The Labute approximate surface area is 122 Å². The number of para-hydroxylation sites is 1. The summed E-state index contributed by atoms with van der Waals surface area (Å²) in [4.78, 5) is 0.920. The number of rotatable bonds is 3. The zero-order valence-electron chi connectivity index (χ0n) is 11.5. The monoisotopic (exact) mass is 284 g/mol. The summed E-state index contributed by atoms with van der Waals surface area (Å²) in [6.07, 6.45) is 0. The normalized spacial score (nSPS) is 14.2. The quantitative estimate of drug-likeness (QED) is 0.782. The van der Waals surface area contributed by atoms with Crippen LogP contribution in [-0.2, 0) is 5.60 Å². The van der Waals surface area contributed by atoms with Crippen molar-refractivity contribution in [1.29, 1.82) is 0 Å². The van der Waals surface area contributed by atoms with Crippen molar-refractivity contribution in [1.82, 2.24) is 0 Å². The summed E-state index contributed by atoms with van der Waals surface area (Å²) in [6, 6.07) is 17.8. The minimum Gasteiger partial charge on any atom is -0.496 e. The summed E-state index contributed by atoms with van der Waals surface area (Å²) in [7, 11) is 1.62. The van der Waals surface area contributed by atoms with E-state index in [2.05, 4.69) is 12.1 Å². The molecule has 2 aromatic carbocycles. The summed E-state index contributed by atoms with van der Waals surface area (Å²) in [5.74, 6) is 0.704. The topological polar surface area (TPSA) is 29.5 Å². The van der Waals surface area contributed by atoms with E-state index in [1.807, 2.05) is 49.4 Å². The molecule has 1 N–H and O–H groups in total. The summed E-state index contributed by atoms with van der Waals surface area (Å²) in [5, 5.41) is 12.2. The van der Waals surface area contributed by atoms with Gasteiger partial charge >= 0.3 is 0 Å². The Hall–Kier alpha value is -1.84. The third-order valence-corrected chi connectivity index (χ3v) is 4.86. The molecule has 1 atom stereocenters. The highest BCUT2D eigenvalue weighted by molar-refractivity contribution is 7.19. The van der Waals surface area contributed by atoms with Crippen molar-refractivity contribution < 1.29 is 9.84 Å². The fourth-order valence-electron chi connectivity index (χ4n) is 2.40. The van der Waals surface area contributed by atoms with Crippen molar-refractivity contribution in [3.05, 3.63) is 65.0 Å². The number of hydrogen-bond donors (Lipinski definition) is 1. The van der Waals surface area contributed by atoms with Crippen molar-refractivity contribution in [3.8, 4) is 5.75 Å². The lowest BCUT2D eigenvalue weighted by Crippen LogP contribution is -2.22. The van der Waals surface area contributed by atoms with Gasteiger partial charge in [-0.2, -0.15) is 0 Å². The molecule has 3 heteroatoms. The molecule has 0 aliphatic carbocycles. The second-order valence-electron chi connectivity index (χ2n) is 4.92. The van der Waals surface area contributed by atoms with Crippen LogP contribution in [0.5, 0.6) is 5.75 Å². The lowest BCUT2D eigenvalue weighted by molar-refractivity contribution is 0.103. The first-order valence-electron chi connectivity index (χ1n) is 6.48. The fraction of sp³-hybridized carbons (Fsp3) is 0.176. The molecule has 1 unspecified atom stereocenters. The first kappa shape index (κ1) is 13.2. The molecule has 1 aromatic heterocycles. The number of benzene rings is 2. The molecular weight excluding hydrogens is 268 g/mol. The van der Waals surface area contributed by atoms with E-state index in [1.54, 1.807) is 18.4 Å². The van der Waals surface area contributed by atoms with Crippen LogP contribution in [0.3, 0.4) is 0 Å². The van der Waals surface area contributed by atoms with Gasteiger partial charge in [-0.3, -0.25) is 0 Å². The van der Waals surface area contributed by atoms with Gasteiger partial charge in [0.05, 0.1) is 7.11 Å². The van der Waals surface area contributed by atoms with E-state index in [4.69, 9.17) is 4.74 Å². The number of ether oxygens (including phenoxy) is 1. The SMILES string of the molecule is COc1ccccc1C(C)(O)c1cc2ccccc2s1. The van der Waals surface area contributed by atoms with Crippen LogP contribution >= 0.6 is 11.3 Å². The van der Waals surface area contributed by atoms with Crippen LogP contribution in [0, 0.1) is 0 Å². The maximum atomic E-state index is 11.0. The Morgan fingerprint density at radius 1 is 1.05 bits per heavy atom. The van der Waals surface area contributed by atoms with Crippen LogP contribution in [-0.4, -0.2) is 12.2 Å². The van der Waals surface area contributed by atoms with Gasteiger partial charge in [0.2, 0.25) is 0 Å². The van der Waals surface area contributed by atoms with Crippen LogP contribution in [0.15, 0.2) is 54.6 Å². The third-order valence-electron chi connectivity index (χ3n) is 3.54. The summed E-state index contributed by atoms with van der Waals surface area (Å²) < 4.78 is 6.55. The van der Waals surface area contributed by atoms with Gasteiger partial charge in [0, 0.05) is 15.1 Å². The van der Waals surface area contributed by atoms with Crippen molar-refractivity contribution in [2.45, 2.75) is 12.5 Å². The first-order chi connectivity index (χ1) is 9.63. The van der Waals surface area contributed by atoms with Gasteiger partial charge in [-0.1, -0.05) is 36.4 Å². The van der Waals surface area contributed by atoms with E-state index in [-0.39, 0.29) is 0 Å². The minimum absolute atomic E-state index is 0.704. The molecule has 0 fully saturated rings. The highest BCUT2D eigenvalue weighted by Gasteiger charge is 2.30. The van der Waals surface area contributed by atoms with Crippen molar-refractivity contribution in [2.75, 3.05) is 7.11 Å². The first-order valence-corrected chi connectivity index (χ1v) is 7.29. The number of aliphatic hydroxyl groups is 1. The van der Waals surface area contributed by atoms with E-state index < -0.39 is 5.60 Å². The van der Waals surface area contributed by atoms with E-state index in [0.717, 1.165) is 15.8 Å². The molecule has 0 amide bonds. The third kappa shape index (κ3) is 2.09. The van der Waals surface area contributed by atoms with Crippen LogP contribution in [0.2, 0.25) is 0 Å². The average molecular weight is 284 g/mol. The Morgan fingerprint density at radius 2 is 1.75 bits per heavy atom. The lowest BCUT2D eigenvalue weighted by Gasteiger charge is -2.24. The summed E-state index contributed by atoms with van der Waals surface area (Å²) >= 11 is 1.61. The van der Waals surface area contributed by atoms with Gasteiger partial charge in [0.1, 0.15) is 11.4 Å². The van der Waals surface area contributed by atoms with Crippen molar-refractivity contribution in [2.24, 2.45) is 0 Å². The summed E-state index contributed by atoms with van der Waals surface area (Å²) in [6.45, 7) is 1.82. The predicted octanol–water partition coefficient (Wildman–Crippen LogP) is 4.17. The van der Waals surface area contributed by atoms with Gasteiger partial charge in [-0.05, 0) is 30.5 Å². The molecule has 0 spiro atoms. The molecule has 0 aliphatic rings. The zero-order chi connectivity index (χ0) is 14.2. The average Bonchev–Trinajstić information content (AvgIpc) is 2.92. The molecular formula is C17H16O2S. The summed E-state index contributed by atoms with van der Waals surface area (Å²) in [5.41, 5.74) is -0.273. The number of hydrogen-bond acceptors (Lipinski definition) is 3. The second-order valence-corrected chi connectivity index (χ2v) is 6.00. The maximum Gasteiger partial charge on any atom is 0.125 e. The predicted molar refractivity (Wildman–Crippen MR) is 83.5 cm³/mol. The van der Waals surface area contributed by atoms with Gasteiger partial charge in [0.25, 0.3) is 0 Å². The Balaban J connectivity index is 2.15. The lowest BCUT2D eigenvalue weighted by atomic mass is 9.93. The van der Waals surface area contributed by atoms with E-state index >= 15 is 0 Å². The van der Waals surface area contributed by atoms with Crippen LogP contribution in [0.4, 0.5) is 0 Å². The largest absolute Gasteiger partial charge is 0.496 e. The highest BCUT2D eigenvalue weighted by Crippen LogP contribution is 2.40. The smallest absolute Gasteiger partial charge is 0.125 e. The molecule has 3 aromatic rings. The molecule has 20 heavy (non-hydrogen) atoms. The van der Waals surface area contributed by atoms with Gasteiger partial charge in [-0.25, -0.2) is 0 Å². The molecule has 102 valence electrons. The highest BCUT2D eigenvalue weighted by atomic mass is 32.1. The molecule has 0 saturated heterocycles. The molecule has 3 rings (SSSR count). The number of methoxy groups -OCH3 is 1. The van der Waals surface area contributed by atoms with Crippen molar-refractivity contribution >= 4 is 21.4 Å². The van der Waals surface area contributed by atoms with Crippen LogP contribution in [0.25, 0.3) is 10.1 Å². The Bertz CT molecular complexity index is 710. The zero-order valence-corrected chi connectivity index (χ0v) is 12.3. The molecule has 2 nitrogen and oxygen atoms in total. The van der Waals surface area contributed by atoms with Gasteiger partial charge in [-0.15, -0.1) is 11.3 Å². The van der Waals surface area contributed by atoms with Crippen LogP contribution < -0.4 is 4.74 Å². The Kier molecular flexibility index (Phi) is 3.24. The second kappa shape index (κ2) is 4.93. The van der Waals surface area contributed by atoms with Crippen LogP contribution in [0.1, 0.15) is 17.4 Å². The molecule has 0 saturated carbocycles. The number of fused-ring (bicyclic) bond motifs is 1. The molecule has 1 heterocycles. The number of thiophene rings is 1. The van der Waals surface area contributed by atoms with E-state index in [0.29, 0.717) is 5.75 Å². The minimum atomic E-state index is -1.06. The molecule has 0 bridgehead atoms. The van der Waals surface area contributed by atoms with Crippen molar-refractivity contribution in [3.63, 3.8) is 0 Å². The van der Waals surface area contributed by atoms with Gasteiger partial charge in [0.15, 0.2) is 0 Å². The van der Waals surface area contributed by atoms with E-state index in [9.17, 15) is 5.11 Å². The maximum absolute atomic E-state index is 11.0. The van der Waals surface area contributed by atoms with Gasteiger partial charge < -0.3 is 9.84 Å². The molecule has 0 aliphatic heterocycles. The standard InChI is InChI=1S/C17H16O2S/c1-17(18,13-8-4-5-9-14(13)19-2)16-11-12-7-3-6-10-15(12)20-16/h3-11,18H,1-2H3. The Morgan fingerprint density at radius 3 is 2.50 bits per heavy atom.